The summed E-state index contributed by atoms with van der Waals surface area (Å²) in [7, 11) is 0. The van der Waals surface area contributed by atoms with Gasteiger partial charge < -0.3 is 9.84 Å². The highest BCUT2D eigenvalue weighted by atomic mass is 35.5. The number of esters is 1. The van der Waals surface area contributed by atoms with E-state index in [0.29, 0.717) is 15.6 Å². The first-order chi connectivity index (χ1) is 13.0. The largest absolute Gasteiger partial charge is 0.506 e. The van der Waals surface area contributed by atoms with Crippen LogP contribution in [-0.4, -0.2) is 22.7 Å². The third-order valence-electron chi connectivity index (χ3n) is 3.60. The van der Waals surface area contributed by atoms with Crippen LogP contribution >= 0.6 is 23.4 Å². The molecule has 0 saturated carbocycles. The van der Waals surface area contributed by atoms with Crippen molar-refractivity contribution in [1.82, 2.24) is 0 Å². The van der Waals surface area contributed by atoms with Crippen molar-refractivity contribution in [2.45, 2.75) is 6.92 Å². The van der Waals surface area contributed by atoms with E-state index in [1.54, 1.807) is 37.3 Å². The average molecular weight is 404 g/mol. The number of aliphatic hydroxyl groups is 1. The van der Waals surface area contributed by atoms with E-state index in [1.807, 2.05) is 0 Å². The predicted molar refractivity (Wildman–Crippen MR) is 107 cm³/mol. The van der Waals surface area contributed by atoms with E-state index in [9.17, 15) is 14.3 Å². The van der Waals surface area contributed by atoms with Crippen molar-refractivity contribution in [2.75, 3.05) is 6.61 Å². The first kappa shape index (κ1) is 19.2. The Bertz CT molecular complexity index is 950. The Kier molecular flexibility index (Phi) is 5.98. The van der Waals surface area contributed by atoms with Crippen LogP contribution in [0.2, 0.25) is 5.02 Å². The minimum atomic E-state index is -0.664. The van der Waals surface area contributed by atoms with Gasteiger partial charge in [-0.25, -0.2) is 14.2 Å². The molecule has 0 bridgehead atoms. The smallest absolute Gasteiger partial charge is 0.344 e. The van der Waals surface area contributed by atoms with Gasteiger partial charge in [0, 0.05) is 5.02 Å². The number of carbonyl (C=O) groups is 1. The fraction of sp³-hybridized carbons (Fsp3) is 0.100. The topological polar surface area (TPSA) is 58.9 Å². The molecule has 0 aromatic heterocycles. The van der Waals surface area contributed by atoms with Crippen molar-refractivity contribution in [3.63, 3.8) is 0 Å². The number of halogens is 2. The van der Waals surface area contributed by atoms with Crippen molar-refractivity contribution < 1.29 is 19.0 Å². The van der Waals surface area contributed by atoms with Gasteiger partial charge in [-0.1, -0.05) is 35.5 Å². The zero-order valence-corrected chi connectivity index (χ0v) is 15.9. The van der Waals surface area contributed by atoms with Gasteiger partial charge in [0.15, 0.2) is 0 Å². The van der Waals surface area contributed by atoms with Crippen LogP contribution in [0.15, 0.2) is 69.8 Å². The highest BCUT2D eigenvalue weighted by Crippen LogP contribution is 2.40. The van der Waals surface area contributed by atoms with E-state index < -0.39 is 5.97 Å². The third-order valence-corrected chi connectivity index (χ3v) is 4.87. The average Bonchev–Trinajstić information content (AvgIpc) is 2.94. The summed E-state index contributed by atoms with van der Waals surface area (Å²) >= 11 is 7.03. The van der Waals surface area contributed by atoms with Crippen LogP contribution in [0.1, 0.15) is 12.5 Å². The number of benzene rings is 2. The first-order valence-corrected chi connectivity index (χ1v) is 9.28. The Balaban J connectivity index is 2.02. The molecule has 7 heteroatoms. The van der Waals surface area contributed by atoms with Crippen LogP contribution in [0.3, 0.4) is 0 Å². The lowest BCUT2D eigenvalue weighted by Gasteiger charge is -2.03. The summed E-state index contributed by atoms with van der Waals surface area (Å²) in [6, 6.07) is 12.6. The number of hydrogen-bond donors (Lipinski definition) is 1. The van der Waals surface area contributed by atoms with Crippen LogP contribution in [0.4, 0.5) is 10.1 Å². The summed E-state index contributed by atoms with van der Waals surface area (Å²) in [4.78, 5) is 17.1. The molecule has 0 fully saturated rings. The van der Waals surface area contributed by atoms with Gasteiger partial charge in [-0.15, -0.1) is 0 Å². The molecule has 0 unspecified atom stereocenters. The van der Waals surface area contributed by atoms with E-state index in [-0.39, 0.29) is 28.8 Å². The van der Waals surface area contributed by atoms with Crippen molar-refractivity contribution >= 4 is 46.1 Å². The lowest BCUT2D eigenvalue weighted by molar-refractivity contribution is -0.138. The summed E-state index contributed by atoms with van der Waals surface area (Å²) in [6.07, 6.45) is 1.72. The zero-order valence-electron chi connectivity index (χ0n) is 14.3. The van der Waals surface area contributed by atoms with Crippen LogP contribution < -0.4 is 0 Å². The minimum Gasteiger partial charge on any atom is -0.506 e. The highest BCUT2D eigenvalue weighted by molar-refractivity contribution is 8.18. The van der Waals surface area contributed by atoms with Gasteiger partial charge in [-0.3, -0.25) is 0 Å². The fourth-order valence-electron chi connectivity index (χ4n) is 2.34. The molecular weight excluding hydrogens is 389 g/mol. The maximum atomic E-state index is 13.1. The molecule has 0 radical (unpaired) electrons. The van der Waals surface area contributed by atoms with Gasteiger partial charge >= 0.3 is 5.97 Å². The molecule has 0 atom stereocenters. The molecule has 138 valence electrons. The predicted octanol–water partition coefficient (Wildman–Crippen LogP) is 5.67. The second kappa shape index (κ2) is 8.41. The lowest BCUT2D eigenvalue weighted by Crippen LogP contribution is -2.12. The van der Waals surface area contributed by atoms with Gasteiger partial charge in [-0.2, -0.15) is 0 Å². The summed E-state index contributed by atoms with van der Waals surface area (Å²) in [5.41, 5.74) is 1.26. The van der Waals surface area contributed by atoms with Crippen LogP contribution in [0.25, 0.3) is 6.08 Å². The van der Waals surface area contributed by atoms with E-state index in [0.717, 1.165) is 17.3 Å². The van der Waals surface area contributed by atoms with Gasteiger partial charge in [0.1, 0.15) is 22.2 Å². The molecule has 27 heavy (non-hydrogen) atoms. The Morgan fingerprint density at radius 2 is 1.89 bits per heavy atom. The number of thioether (sulfide) groups is 1. The van der Waals surface area contributed by atoms with Crippen molar-refractivity contribution in [1.29, 1.82) is 0 Å². The number of aliphatic hydroxyl groups excluding tert-OH is 1. The van der Waals surface area contributed by atoms with Crippen molar-refractivity contribution in [2.24, 2.45) is 4.99 Å². The van der Waals surface area contributed by atoms with Crippen LogP contribution in [0.5, 0.6) is 0 Å². The number of ether oxygens (including phenoxy) is 1. The second-order valence-electron chi connectivity index (χ2n) is 5.50. The monoisotopic (exact) mass is 403 g/mol. The van der Waals surface area contributed by atoms with Gasteiger partial charge in [-0.05, 0) is 55.0 Å². The summed E-state index contributed by atoms with van der Waals surface area (Å²) < 4.78 is 18.1. The normalized spacial score (nSPS) is 17.0. The molecule has 4 nitrogen and oxygen atoms in total. The maximum absolute atomic E-state index is 13.1. The fourth-order valence-corrected chi connectivity index (χ4v) is 3.50. The maximum Gasteiger partial charge on any atom is 0.344 e. The van der Waals surface area contributed by atoms with Gasteiger partial charge in [0.05, 0.1) is 17.2 Å². The summed E-state index contributed by atoms with van der Waals surface area (Å²) in [5, 5.41) is 11.5. The quantitative estimate of drug-likeness (QED) is 0.668. The molecule has 0 spiro atoms. The highest BCUT2D eigenvalue weighted by Gasteiger charge is 2.33. The first-order valence-electron chi connectivity index (χ1n) is 8.08. The van der Waals surface area contributed by atoms with E-state index in [1.165, 1.54) is 24.3 Å². The number of aliphatic imine (C=N–C) groups is 1. The number of carbonyl (C=O) groups excluding carboxylic acids is 1. The van der Waals surface area contributed by atoms with E-state index >= 15 is 0 Å². The van der Waals surface area contributed by atoms with Crippen molar-refractivity contribution in [3.8, 4) is 0 Å². The molecule has 3 rings (SSSR count). The summed E-state index contributed by atoms with van der Waals surface area (Å²) in [5.74, 6) is -1.25. The Morgan fingerprint density at radius 3 is 2.52 bits per heavy atom. The molecule has 2 aromatic rings. The number of hydrogen-bond acceptors (Lipinski definition) is 5. The van der Waals surface area contributed by atoms with Gasteiger partial charge in [0.25, 0.3) is 0 Å². The molecule has 0 aliphatic carbocycles. The van der Waals surface area contributed by atoms with Crippen LogP contribution in [-0.2, 0) is 9.53 Å². The molecule has 2 aromatic carbocycles. The molecule has 1 aliphatic heterocycles. The van der Waals surface area contributed by atoms with Crippen LogP contribution in [0, 0.1) is 5.82 Å². The van der Waals surface area contributed by atoms with Gasteiger partial charge in [0.2, 0.25) is 0 Å². The van der Waals surface area contributed by atoms with E-state index in [4.69, 9.17) is 16.3 Å². The third kappa shape index (κ3) is 4.59. The Morgan fingerprint density at radius 1 is 1.22 bits per heavy atom. The van der Waals surface area contributed by atoms with Crippen molar-refractivity contribution in [3.05, 3.63) is 81.2 Å². The molecule has 0 saturated heterocycles. The Labute approximate surface area is 165 Å². The Hall–Kier alpha value is -2.57. The molecule has 1 aliphatic rings. The SMILES string of the molecule is CCOC(=O)C1=C(O)/C(=C\c2ccc(Cl)cc2)SC1=Nc1ccc(F)cc1. The second-order valence-corrected chi connectivity index (χ2v) is 6.97. The molecular formula is C20H15ClFNO3S. The lowest BCUT2D eigenvalue weighted by atomic mass is 10.1. The molecule has 0 amide bonds. The molecule has 1 heterocycles. The van der Waals surface area contributed by atoms with E-state index in [2.05, 4.69) is 4.99 Å². The standard InChI is InChI=1S/C20H15ClFNO3S/c1-2-26-20(25)17-18(24)16(11-12-3-5-13(21)6-4-12)27-19(17)23-15-9-7-14(22)8-10-15/h3-11,24H,2H2,1H3/b16-11+,23-19?. The zero-order chi connectivity index (χ0) is 19.4. The number of nitrogens with zero attached hydrogens (tertiary/aromatic N) is 1. The summed E-state index contributed by atoms with van der Waals surface area (Å²) in [6.45, 7) is 1.85. The number of rotatable bonds is 4. The molecule has 1 N–H and O–H groups in total. The minimum absolute atomic E-state index is 0.00797.